The molecule has 0 fully saturated rings. The number of hydrogen-bond acceptors (Lipinski definition) is 6. The maximum Gasteiger partial charge on any atom is 0.204 e. The van der Waals surface area contributed by atoms with Crippen LogP contribution in [0, 0.1) is 0 Å². The van der Waals surface area contributed by atoms with Gasteiger partial charge in [-0.2, -0.15) is 5.10 Å². The number of hydrogen-bond donors (Lipinski definition) is 1. The SMILES string of the molecule is COc1ccc(-n2nc(-c3c(O)cc(OC)c(OC)c3OC)cc2-c2ccccc2)cc1. The van der Waals surface area contributed by atoms with Crippen molar-refractivity contribution >= 4 is 0 Å². The molecule has 164 valence electrons. The minimum atomic E-state index is -0.0292. The Morgan fingerprint density at radius 1 is 0.750 bits per heavy atom. The molecule has 32 heavy (non-hydrogen) atoms. The van der Waals surface area contributed by atoms with E-state index >= 15 is 0 Å². The number of phenols is 1. The summed E-state index contributed by atoms with van der Waals surface area (Å²) in [6.07, 6.45) is 0. The van der Waals surface area contributed by atoms with E-state index in [4.69, 9.17) is 24.0 Å². The van der Waals surface area contributed by atoms with Crippen molar-refractivity contribution in [3.8, 4) is 56.9 Å². The van der Waals surface area contributed by atoms with Crippen LogP contribution in [0.2, 0.25) is 0 Å². The Kier molecular flexibility index (Phi) is 5.89. The van der Waals surface area contributed by atoms with Gasteiger partial charge in [-0.1, -0.05) is 30.3 Å². The van der Waals surface area contributed by atoms with E-state index in [1.807, 2.05) is 65.3 Å². The summed E-state index contributed by atoms with van der Waals surface area (Å²) in [5, 5.41) is 15.7. The Morgan fingerprint density at radius 3 is 2.03 bits per heavy atom. The number of aromatic nitrogens is 2. The van der Waals surface area contributed by atoms with Crippen LogP contribution < -0.4 is 18.9 Å². The average Bonchev–Trinajstić information content (AvgIpc) is 3.28. The quantitative estimate of drug-likeness (QED) is 0.446. The van der Waals surface area contributed by atoms with E-state index in [0.29, 0.717) is 28.5 Å². The number of rotatable bonds is 7. The van der Waals surface area contributed by atoms with Crippen molar-refractivity contribution in [3.63, 3.8) is 0 Å². The van der Waals surface area contributed by atoms with Crippen molar-refractivity contribution in [2.45, 2.75) is 0 Å². The first-order valence-corrected chi connectivity index (χ1v) is 9.93. The van der Waals surface area contributed by atoms with Crippen LogP contribution >= 0.6 is 0 Å². The highest BCUT2D eigenvalue weighted by molar-refractivity contribution is 5.82. The summed E-state index contributed by atoms with van der Waals surface area (Å²) in [5.74, 6) is 1.80. The fourth-order valence-corrected chi connectivity index (χ4v) is 3.63. The predicted octanol–water partition coefficient (Wildman–Crippen LogP) is 4.95. The molecule has 1 heterocycles. The van der Waals surface area contributed by atoms with Crippen LogP contribution in [0.15, 0.2) is 66.7 Å². The van der Waals surface area contributed by atoms with Gasteiger partial charge in [0.15, 0.2) is 11.5 Å². The van der Waals surface area contributed by atoms with Gasteiger partial charge >= 0.3 is 0 Å². The van der Waals surface area contributed by atoms with Gasteiger partial charge in [0, 0.05) is 11.6 Å². The van der Waals surface area contributed by atoms with Gasteiger partial charge in [0.1, 0.15) is 17.2 Å². The summed E-state index contributed by atoms with van der Waals surface area (Å²) in [7, 11) is 6.16. The van der Waals surface area contributed by atoms with Crippen molar-refractivity contribution in [2.24, 2.45) is 0 Å². The summed E-state index contributed by atoms with van der Waals surface area (Å²) in [6, 6.07) is 20.9. The first kappa shape index (κ1) is 21.1. The lowest BCUT2D eigenvalue weighted by atomic mass is 10.1. The topological polar surface area (TPSA) is 75.0 Å². The van der Waals surface area contributed by atoms with Gasteiger partial charge in [0.2, 0.25) is 5.75 Å². The molecule has 0 aliphatic carbocycles. The third-order valence-electron chi connectivity index (χ3n) is 5.16. The second-order valence-electron chi connectivity index (χ2n) is 6.93. The minimum Gasteiger partial charge on any atom is -0.507 e. The summed E-state index contributed by atoms with van der Waals surface area (Å²) in [5.41, 5.74) is 3.60. The Balaban J connectivity index is 1.96. The Labute approximate surface area is 186 Å². The maximum absolute atomic E-state index is 10.8. The molecule has 0 aliphatic rings. The van der Waals surface area contributed by atoms with E-state index in [2.05, 4.69) is 0 Å². The van der Waals surface area contributed by atoms with Crippen molar-refractivity contribution in [2.75, 3.05) is 28.4 Å². The highest BCUT2D eigenvalue weighted by atomic mass is 16.5. The molecule has 0 spiro atoms. The number of methoxy groups -OCH3 is 4. The van der Waals surface area contributed by atoms with Crippen LogP contribution in [0.1, 0.15) is 0 Å². The smallest absolute Gasteiger partial charge is 0.204 e. The third kappa shape index (κ3) is 3.69. The maximum atomic E-state index is 10.8. The third-order valence-corrected chi connectivity index (χ3v) is 5.16. The van der Waals surface area contributed by atoms with Crippen LogP contribution in [0.5, 0.6) is 28.7 Å². The molecule has 7 heteroatoms. The van der Waals surface area contributed by atoms with Crippen molar-refractivity contribution in [1.29, 1.82) is 0 Å². The first-order chi connectivity index (χ1) is 15.6. The second kappa shape index (κ2) is 8.93. The van der Waals surface area contributed by atoms with Gasteiger partial charge in [0.25, 0.3) is 0 Å². The lowest BCUT2D eigenvalue weighted by molar-refractivity contribution is 0.321. The number of phenolic OH excluding ortho intramolecular Hbond substituents is 1. The average molecular weight is 432 g/mol. The van der Waals surface area contributed by atoms with Crippen LogP contribution in [0.25, 0.3) is 28.2 Å². The summed E-state index contributed by atoms with van der Waals surface area (Å²) >= 11 is 0. The predicted molar refractivity (Wildman–Crippen MR) is 122 cm³/mol. The fraction of sp³-hybridized carbons (Fsp3) is 0.160. The van der Waals surface area contributed by atoms with Crippen molar-refractivity contribution < 1.29 is 24.1 Å². The molecule has 0 aliphatic heterocycles. The minimum absolute atomic E-state index is 0.0292. The van der Waals surface area contributed by atoms with E-state index in [9.17, 15) is 5.11 Å². The second-order valence-corrected chi connectivity index (χ2v) is 6.93. The van der Waals surface area contributed by atoms with Gasteiger partial charge in [-0.25, -0.2) is 4.68 Å². The monoisotopic (exact) mass is 432 g/mol. The molecule has 4 rings (SSSR count). The summed E-state index contributed by atoms with van der Waals surface area (Å²) < 4.78 is 23.5. The molecule has 0 unspecified atom stereocenters. The summed E-state index contributed by atoms with van der Waals surface area (Å²) in [6.45, 7) is 0. The van der Waals surface area contributed by atoms with Gasteiger partial charge in [-0.3, -0.25) is 0 Å². The largest absolute Gasteiger partial charge is 0.507 e. The molecular formula is C25H24N2O5. The number of ether oxygens (including phenoxy) is 4. The Hall–Kier alpha value is -4.13. The molecule has 0 saturated heterocycles. The molecular weight excluding hydrogens is 408 g/mol. The highest BCUT2D eigenvalue weighted by Crippen LogP contribution is 2.49. The molecule has 0 atom stereocenters. The van der Waals surface area contributed by atoms with E-state index in [1.165, 1.54) is 27.4 Å². The molecule has 0 bridgehead atoms. The first-order valence-electron chi connectivity index (χ1n) is 9.93. The van der Waals surface area contributed by atoms with Crippen LogP contribution in [0.3, 0.4) is 0 Å². The number of benzene rings is 3. The van der Waals surface area contributed by atoms with Crippen molar-refractivity contribution in [3.05, 3.63) is 66.7 Å². The molecule has 4 aromatic rings. The van der Waals surface area contributed by atoms with Gasteiger partial charge < -0.3 is 24.1 Å². The zero-order valence-corrected chi connectivity index (χ0v) is 18.3. The fourth-order valence-electron chi connectivity index (χ4n) is 3.63. The zero-order valence-electron chi connectivity index (χ0n) is 18.3. The molecule has 7 nitrogen and oxygen atoms in total. The van der Waals surface area contributed by atoms with Gasteiger partial charge in [0.05, 0.1) is 45.4 Å². The highest BCUT2D eigenvalue weighted by Gasteiger charge is 2.25. The molecule has 0 saturated carbocycles. The van der Waals surface area contributed by atoms with Crippen LogP contribution in [-0.4, -0.2) is 43.3 Å². The van der Waals surface area contributed by atoms with Crippen LogP contribution in [0.4, 0.5) is 0 Å². The Morgan fingerprint density at radius 2 is 1.44 bits per heavy atom. The van der Waals surface area contributed by atoms with E-state index < -0.39 is 0 Å². The summed E-state index contributed by atoms with van der Waals surface area (Å²) in [4.78, 5) is 0. The molecule has 1 N–H and O–H groups in total. The molecule has 3 aromatic carbocycles. The zero-order chi connectivity index (χ0) is 22.7. The van der Waals surface area contributed by atoms with E-state index in [-0.39, 0.29) is 5.75 Å². The molecule has 0 radical (unpaired) electrons. The van der Waals surface area contributed by atoms with Gasteiger partial charge in [-0.15, -0.1) is 0 Å². The normalized spacial score (nSPS) is 10.6. The number of nitrogens with zero attached hydrogens (tertiary/aromatic N) is 2. The standard InChI is InChI=1S/C25H24N2O5/c1-29-18-12-10-17(11-13-18)27-20(16-8-6-5-7-9-16)14-19(26-27)23-21(28)15-22(30-2)24(31-3)25(23)32-4/h5-15,28H,1-4H3. The Bertz CT molecular complexity index is 1220. The molecule has 1 aromatic heterocycles. The van der Waals surface area contributed by atoms with Gasteiger partial charge in [-0.05, 0) is 30.3 Å². The van der Waals surface area contributed by atoms with Crippen molar-refractivity contribution in [1.82, 2.24) is 9.78 Å². The number of aromatic hydroxyl groups is 1. The lowest BCUT2D eigenvalue weighted by Gasteiger charge is -2.16. The molecule has 0 amide bonds. The van der Waals surface area contributed by atoms with E-state index in [1.54, 1.807) is 7.11 Å². The van der Waals surface area contributed by atoms with E-state index in [0.717, 1.165) is 22.7 Å². The van der Waals surface area contributed by atoms with Crippen LogP contribution in [-0.2, 0) is 0 Å². The lowest BCUT2D eigenvalue weighted by Crippen LogP contribution is -2.00.